The zero-order valence-electron chi connectivity index (χ0n) is 12.4. The number of nitrogens with one attached hydrogen (secondary N) is 2. The maximum absolute atomic E-state index is 11.7. The highest BCUT2D eigenvalue weighted by atomic mass is 32.2. The third kappa shape index (κ3) is 7.04. The third-order valence-corrected chi connectivity index (χ3v) is 3.64. The Kier molecular flexibility index (Phi) is 7.68. The number of carboxylic acid groups (broad SMARTS) is 1. The van der Waals surface area contributed by atoms with Gasteiger partial charge in [0.25, 0.3) is 0 Å². The van der Waals surface area contributed by atoms with Crippen LogP contribution in [0.2, 0.25) is 0 Å². The average molecular weight is 310 g/mol. The first kappa shape index (κ1) is 17.4. The van der Waals surface area contributed by atoms with Crippen LogP contribution in [0, 0.1) is 6.92 Å². The molecular weight excluding hydrogens is 288 g/mol. The van der Waals surface area contributed by atoms with Crippen LogP contribution in [0.15, 0.2) is 24.3 Å². The van der Waals surface area contributed by atoms with E-state index in [0.29, 0.717) is 18.7 Å². The highest BCUT2D eigenvalue weighted by Gasteiger charge is 2.18. The number of carbonyl (C=O) groups excluding carboxylic acids is 1. The van der Waals surface area contributed by atoms with Crippen LogP contribution in [-0.4, -0.2) is 41.7 Å². The third-order valence-electron chi connectivity index (χ3n) is 3.00. The Morgan fingerprint density at radius 1 is 1.38 bits per heavy atom. The summed E-state index contributed by atoms with van der Waals surface area (Å²) in [6.07, 6.45) is 3.04. The van der Waals surface area contributed by atoms with Gasteiger partial charge in [-0.2, -0.15) is 11.8 Å². The lowest BCUT2D eigenvalue weighted by Gasteiger charge is -2.14. The molecule has 0 bridgehead atoms. The molecule has 5 nitrogen and oxygen atoms in total. The van der Waals surface area contributed by atoms with Crippen molar-refractivity contribution in [2.45, 2.75) is 25.8 Å². The molecule has 3 N–H and O–H groups in total. The normalized spacial score (nSPS) is 11.7. The van der Waals surface area contributed by atoms with Gasteiger partial charge in [0.05, 0.1) is 0 Å². The largest absolute Gasteiger partial charge is 0.480 e. The Morgan fingerprint density at radius 2 is 2.14 bits per heavy atom. The monoisotopic (exact) mass is 310 g/mol. The van der Waals surface area contributed by atoms with Crippen LogP contribution in [0.25, 0.3) is 0 Å². The molecule has 0 saturated carbocycles. The van der Waals surface area contributed by atoms with Gasteiger partial charge in [-0.3, -0.25) is 0 Å². The Bertz CT molecular complexity index is 480. The SMILES string of the molecule is CSCCC(NC(=O)NCCc1cccc(C)c1)C(=O)O. The topological polar surface area (TPSA) is 78.4 Å². The first-order valence-electron chi connectivity index (χ1n) is 6.84. The minimum absolute atomic E-state index is 0.418. The van der Waals surface area contributed by atoms with Gasteiger partial charge in [-0.1, -0.05) is 29.8 Å². The minimum Gasteiger partial charge on any atom is -0.480 e. The second kappa shape index (κ2) is 9.28. The van der Waals surface area contributed by atoms with Crippen molar-refractivity contribution in [2.75, 3.05) is 18.6 Å². The summed E-state index contributed by atoms with van der Waals surface area (Å²) in [5.41, 5.74) is 2.33. The van der Waals surface area contributed by atoms with Crippen LogP contribution >= 0.6 is 11.8 Å². The van der Waals surface area contributed by atoms with E-state index in [2.05, 4.69) is 16.7 Å². The molecular formula is C15H22N2O3S. The summed E-state index contributed by atoms with van der Waals surface area (Å²) in [6, 6.07) is 6.80. The van der Waals surface area contributed by atoms with E-state index in [1.165, 1.54) is 5.56 Å². The van der Waals surface area contributed by atoms with Gasteiger partial charge in [0, 0.05) is 6.54 Å². The number of aryl methyl sites for hydroxylation is 1. The molecule has 0 aromatic heterocycles. The van der Waals surface area contributed by atoms with Crippen molar-refractivity contribution in [3.8, 4) is 0 Å². The van der Waals surface area contributed by atoms with E-state index in [9.17, 15) is 9.59 Å². The molecule has 6 heteroatoms. The maximum atomic E-state index is 11.7. The van der Waals surface area contributed by atoms with E-state index in [1.54, 1.807) is 11.8 Å². The first-order chi connectivity index (χ1) is 10.0. The molecule has 2 amide bonds. The number of thioether (sulfide) groups is 1. The number of carbonyl (C=O) groups is 2. The Labute approximate surface area is 129 Å². The number of rotatable bonds is 8. The first-order valence-corrected chi connectivity index (χ1v) is 8.24. The van der Waals surface area contributed by atoms with Gasteiger partial charge < -0.3 is 15.7 Å². The lowest BCUT2D eigenvalue weighted by molar-refractivity contribution is -0.139. The molecule has 116 valence electrons. The van der Waals surface area contributed by atoms with Crippen LogP contribution in [0.5, 0.6) is 0 Å². The van der Waals surface area contributed by atoms with E-state index in [-0.39, 0.29) is 0 Å². The molecule has 0 fully saturated rings. The molecule has 0 aliphatic rings. The van der Waals surface area contributed by atoms with Crippen LogP contribution in [0.1, 0.15) is 17.5 Å². The summed E-state index contributed by atoms with van der Waals surface area (Å²) in [7, 11) is 0. The molecule has 21 heavy (non-hydrogen) atoms. The van der Waals surface area contributed by atoms with E-state index >= 15 is 0 Å². The van der Waals surface area contributed by atoms with Gasteiger partial charge in [0.1, 0.15) is 6.04 Å². The molecule has 1 unspecified atom stereocenters. The van der Waals surface area contributed by atoms with Crippen molar-refractivity contribution >= 4 is 23.8 Å². The number of hydrogen-bond acceptors (Lipinski definition) is 3. The molecule has 1 aromatic carbocycles. The number of benzene rings is 1. The van der Waals surface area contributed by atoms with Gasteiger partial charge in [-0.15, -0.1) is 0 Å². The quantitative estimate of drug-likeness (QED) is 0.686. The van der Waals surface area contributed by atoms with Crippen LogP contribution in [0.3, 0.4) is 0 Å². The van der Waals surface area contributed by atoms with E-state index in [1.807, 2.05) is 31.4 Å². The molecule has 1 rings (SSSR count). The lowest BCUT2D eigenvalue weighted by atomic mass is 10.1. The van der Waals surface area contributed by atoms with E-state index < -0.39 is 18.0 Å². The van der Waals surface area contributed by atoms with Gasteiger partial charge >= 0.3 is 12.0 Å². The number of amides is 2. The predicted octanol–water partition coefficient (Wildman–Crippen LogP) is 2.04. The zero-order valence-corrected chi connectivity index (χ0v) is 13.2. The van der Waals surface area contributed by atoms with Crippen molar-refractivity contribution in [1.29, 1.82) is 0 Å². The number of hydrogen-bond donors (Lipinski definition) is 3. The summed E-state index contributed by atoms with van der Waals surface area (Å²) < 4.78 is 0. The smallest absolute Gasteiger partial charge is 0.326 e. The molecule has 0 saturated heterocycles. The fourth-order valence-corrected chi connectivity index (χ4v) is 2.36. The van der Waals surface area contributed by atoms with Gasteiger partial charge in [0.15, 0.2) is 0 Å². The Morgan fingerprint density at radius 3 is 2.76 bits per heavy atom. The van der Waals surface area contributed by atoms with Crippen molar-refractivity contribution in [3.63, 3.8) is 0 Å². The van der Waals surface area contributed by atoms with Crippen molar-refractivity contribution in [3.05, 3.63) is 35.4 Å². The summed E-state index contributed by atoms with van der Waals surface area (Å²) in [5.74, 6) is -0.307. The summed E-state index contributed by atoms with van der Waals surface area (Å²) in [5, 5.41) is 14.2. The number of aliphatic carboxylic acids is 1. The number of carboxylic acids is 1. The molecule has 1 aromatic rings. The maximum Gasteiger partial charge on any atom is 0.326 e. The Hall–Kier alpha value is -1.69. The molecule has 0 heterocycles. The second-order valence-electron chi connectivity index (χ2n) is 4.81. The lowest BCUT2D eigenvalue weighted by Crippen LogP contribution is -2.46. The fraction of sp³-hybridized carbons (Fsp3) is 0.467. The fourth-order valence-electron chi connectivity index (χ4n) is 1.89. The predicted molar refractivity (Wildman–Crippen MR) is 85.8 cm³/mol. The second-order valence-corrected chi connectivity index (χ2v) is 5.80. The Balaban J connectivity index is 2.34. The molecule has 0 spiro atoms. The molecule has 0 aliphatic heterocycles. The van der Waals surface area contributed by atoms with Gasteiger partial charge in [-0.05, 0) is 37.3 Å². The standard InChI is InChI=1S/C15H22N2O3S/c1-11-4-3-5-12(10-11)6-8-16-15(20)17-13(14(18)19)7-9-21-2/h3-5,10,13H,6-9H2,1-2H3,(H,18,19)(H2,16,17,20). The summed E-state index contributed by atoms with van der Waals surface area (Å²) in [4.78, 5) is 22.7. The molecule has 0 radical (unpaired) electrons. The highest BCUT2D eigenvalue weighted by Crippen LogP contribution is 2.04. The van der Waals surface area contributed by atoms with Crippen LogP contribution < -0.4 is 10.6 Å². The minimum atomic E-state index is -1.00. The van der Waals surface area contributed by atoms with Crippen LogP contribution in [-0.2, 0) is 11.2 Å². The van der Waals surface area contributed by atoms with Gasteiger partial charge in [0.2, 0.25) is 0 Å². The van der Waals surface area contributed by atoms with Crippen molar-refractivity contribution in [2.24, 2.45) is 0 Å². The average Bonchev–Trinajstić information content (AvgIpc) is 2.43. The van der Waals surface area contributed by atoms with Crippen LogP contribution in [0.4, 0.5) is 4.79 Å². The molecule has 0 aliphatic carbocycles. The number of urea groups is 1. The van der Waals surface area contributed by atoms with Crippen molar-refractivity contribution in [1.82, 2.24) is 10.6 Å². The zero-order chi connectivity index (χ0) is 15.7. The summed E-state index contributed by atoms with van der Waals surface area (Å²) >= 11 is 1.56. The van der Waals surface area contributed by atoms with E-state index in [4.69, 9.17) is 5.11 Å². The van der Waals surface area contributed by atoms with Gasteiger partial charge in [-0.25, -0.2) is 9.59 Å². The van der Waals surface area contributed by atoms with E-state index in [0.717, 1.165) is 12.0 Å². The molecule has 1 atom stereocenters. The summed E-state index contributed by atoms with van der Waals surface area (Å²) in [6.45, 7) is 2.50. The van der Waals surface area contributed by atoms with Crippen molar-refractivity contribution < 1.29 is 14.7 Å². The highest BCUT2D eigenvalue weighted by molar-refractivity contribution is 7.98.